The topological polar surface area (TPSA) is 110 Å². The molecule has 1 aromatic heterocycles. The van der Waals surface area contributed by atoms with Gasteiger partial charge >= 0.3 is 0 Å². The molecule has 3 amide bonds. The van der Waals surface area contributed by atoms with Crippen LogP contribution in [0.25, 0.3) is 11.1 Å². The first-order chi connectivity index (χ1) is 21.1. The Labute approximate surface area is 257 Å². The fourth-order valence-electron chi connectivity index (χ4n) is 6.17. The summed E-state index contributed by atoms with van der Waals surface area (Å²) in [5.74, 6) is 7.27. The minimum Gasteiger partial charge on any atom is -0.496 e. The van der Waals surface area contributed by atoms with Gasteiger partial charge in [0.15, 0.2) is 0 Å². The molecule has 10 nitrogen and oxygen atoms in total. The Morgan fingerprint density at radius 3 is 2.39 bits per heavy atom. The van der Waals surface area contributed by atoms with Crippen LogP contribution in [0.3, 0.4) is 0 Å². The predicted molar refractivity (Wildman–Crippen MR) is 165 cm³/mol. The zero-order valence-electron chi connectivity index (χ0n) is 25.2. The SMILES string of the molecule is COc1cc(-c2cc(C)c(=O)n(C)c2)cc(OC)c1CN1CC(C#Cc2ccc3c(c2)C(=O)N(C2CCC(=O)NC2=O)C3)C1.[HH]. The van der Waals surface area contributed by atoms with Gasteiger partial charge in [0, 0.05) is 69.9 Å². The Bertz CT molecular complexity index is 1770. The molecule has 0 bridgehead atoms. The van der Waals surface area contributed by atoms with Crippen molar-refractivity contribution in [2.24, 2.45) is 13.0 Å². The Morgan fingerprint density at radius 2 is 1.73 bits per heavy atom. The van der Waals surface area contributed by atoms with Crippen molar-refractivity contribution < 1.29 is 25.3 Å². The molecule has 1 atom stereocenters. The molecule has 2 fully saturated rings. The quantitative estimate of drug-likeness (QED) is 0.344. The molecule has 3 aliphatic heterocycles. The van der Waals surface area contributed by atoms with Gasteiger partial charge in [0.2, 0.25) is 11.8 Å². The van der Waals surface area contributed by atoms with Crippen LogP contribution in [-0.4, -0.2) is 65.4 Å². The maximum atomic E-state index is 13.1. The monoisotopic (exact) mass is 596 g/mol. The molecule has 228 valence electrons. The van der Waals surface area contributed by atoms with Crippen LogP contribution in [0.2, 0.25) is 0 Å². The van der Waals surface area contributed by atoms with Gasteiger partial charge in [-0.25, -0.2) is 0 Å². The number of aryl methyl sites for hydroxylation is 2. The van der Waals surface area contributed by atoms with E-state index in [2.05, 4.69) is 22.1 Å². The Morgan fingerprint density at radius 1 is 1.00 bits per heavy atom. The zero-order chi connectivity index (χ0) is 31.1. The summed E-state index contributed by atoms with van der Waals surface area (Å²) in [6, 6.07) is 10.8. The van der Waals surface area contributed by atoms with Crippen molar-refractivity contribution >= 4 is 17.7 Å². The second-order valence-corrected chi connectivity index (χ2v) is 11.6. The molecule has 0 spiro atoms. The molecular weight excluding hydrogens is 560 g/mol. The second-order valence-electron chi connectivity index (χ2n) is 11.6. The third-order valence-electron chi connectivity index (χ3n) is 8.59. The van der Waals surface area contributed by atoms with E-state index in [1.807, 2.05) is 36.5 Å². The number of rotatable bonds is 6. The fourth-order valence-corrected chi connectivity index (χ4v) is 6.17. The summed E-state index contributed by atoms with van der Waals surface area (Å²) in [6.07, 6.45) is 2.38. The number of aromatic nitrogens is 1. The van der Waals surface area contributed by atoms with Crippen LogP contribution in [0.1, 0.15) is 46.9 Å². The van der Waals surface area contributed by atoms with E-state index in [4.69, 9.17) is 9.47 Å². The standard InChI is InChI=1S/C34H34N4O6.H2/c1-20-11-25(17-36(2)33(20)41)24-13-29(43-3)27(30(14-24)44-4)19-37-15-22(16-37)6-5-21-7-8-23-18-38(34(42)26(23)12-21)28-9-10-31(39)35-32(28)40;/h7-8,11-14,17,22,28H,9-10,15-16,18-19H2,1-4H3,(H,35,39,40);1H. The summed E-state index contributed by atoms with van der Waals surface area (Å²) in [6.45, 7) is 4.37. The number of hydrogen-bond acceptors (Lipinski definition) is 7. The lowest BCUT2D eigenvalue weighted by Gasteiger charge is -2.37. The van der Waals surface area contributed by atoms with Crippen LogP contribution in [-0.2, 0) is 29.7 Å². The number of ether oxygens (including phenoxy) is 2. The smallest absolute Gasteiger partial charge is 0.255 e. The molecule has 3 aliphatic rings. The van der Waals surface area contributed by atoms with Crippen molar-refractivity contribution in [2.75, 3.05) is 27.3 Å². The van der Waals surface area contributed by atoms with E-state index < -0.39 is 11.9 Å². The first-order valence-electron chi connectivity index (χ1n) is 14.6. The van der Waals surface area contributed by atoms with Crippen molar-refractivity contribution in [1.82, 2.24) is 19.7 Å². The molecule has 3 aromatic rings. The number of benzene rings is 2. The molecule has 2 saturated heterocycles. The summed E-state index contributed by atoms with van der Waals surface area (Å²) in [5, 5.41) is 2.33. The van der Waals surface area contributed by atoms with Gasteiger partial charge in [-0.2, -0.15) is 0 Å². The Balaban J connectivity index is 0.00000400. The van der Waals surface area contributed by atoms with Crippen LogP contribution in [0, 0.1) is 24.7 Å². The third kappa shape index (κ3) is 5.47. The van der Waals surface area contributed by atoms with Gasteiger partial charge in [-0.3, -0.25) is 29.4 Å². The number of likely N-dealkylation sites (tertiary alicyclic amines) is 1. The molecule has 10 heteroatoms. The molecule has 0 radical (unpaired) electrons. The summed E-state index contributed by atoms with van der Waals surface area (Å²) in [7, 11) is 5.03. The Hall–Kier alpha value is -4.88. The normalized spacial score (nSPS) is 18.3. The highest BCUT2D eigenvalue weighted by Gasteiger charge is 2.39. The molecule has 4 heterocycles. The van der Waals surface area contributed by atoms with Gasteiger partial charge in [-0.15, -0.1) is 0 Å². The number of imide groups is 1. The average molecular weight is 597 g/mol. The number of hydrogen-bond donors (Lipinski definition) is 1. The van der Waals surface area contributed by atoms with E-state index >= 15 is 0 Å². The lowest BCUT2D eigenvalue weighted by atomic mass is 9.97. The number of pyridine rings is 1. The highest BCUT2D eigenvalue weighted by molar-refractivity contribution is 6.05. The van der Waals surface area contributed by atoms with Crippen molar-refractivity contribution in [3.05, 3.63) is 80.8 Å². The first kappa shape index (κ1) is 29.2. The second kappa shape index (κ2) is 11.7. The van der Waals surface area contributed by atoms with Gasteiger partial charge in [-0.05, 0) is 60.4 Å². The van der Waals surface area contributed by atoms with Crippen molar-refractivity contribution in [1.29, 1.82) is 0 Å². The minimum atomic E-state index is -0.630. The third-order valence-corrected chi connectivity index (χ3v) is 8.59. The van der Waals surface area contributed by atoms with E-state index in [1.54, 1.807) is 43.7 Å². The van der Waals surface area contributed by atoms with E-state index in [9.17, 15) is 19.2 Å². The van der Waals surface area contributed by atoms with E-state index in [0.29, 0.717) is 30.6 Å². The van der Waals surface area contributed by atoms with Crippen molar-refractivity contribution in [3.63, 3.8) is 0 Å². The molecule has 6 rings (SSSR count). The van der Waals surface area contributed by atoms with Gasteiger partial charge < -0.3 is 18.9 Å². The summed E-state index contributed by atoms with van der Waals surface area (Å²) >= 11 is 0. The van der Waals surface area contributed by atoms with Gasteiger partial charge in [0.1, 0.15) is 17.5 Å². The van der Waals surface area contributed by atoms with Crippen LogP contribution in [0.4, 0.5) is 0 Å². The lowest BCUT2D eigenvalue weighted by Crippen LogP contribution is -2.52. The maximum absolute atomic E-state index is 13.1. The highest BCUT2D eigenvalue weighted by atomic mass is 16.5. The average Bonchev–Trinajstić information content (AvgIpc) is 3.31. The first-order valence-corrected chi connectivity index (χ1v) is 14.6. The number of nitrogens with one attached hydrogen (secondary N) is 1. The molecule has 1 unspecified atom stereocenters. The van der Waals surface area contributed by atoms with E-state index in [-0.39, 0.29) is 31.1 Å². The minimum absolute atomic E-state index is 0. The number of carbonyl (C=O) groups excluding carboxylic acids is 3. The molecular formula is C34H36N4O6. The number of amides is 3. The van der Waals surface area contributed by atoms with Crippen molar-refractivity contribution in [2.45, 2.75) is 38.9 Å². The fraction of sp³-hybridized carbons (Fsp3) is 0.353. The molecule has 0 saturated carbocycles. The van der Waals surface area contributed by atoms with Crippen LogP contribution >= 0.6 is 0 Å². The molecule has 1 N–H and O–H groups in total. The zero-order valence-corrected chi connectivity index (χ0v) is 25.2. The van der Waals surface area contributed by atoms with E-state index in [0.717, 1.165) is 52.4 Å². The van der Waals surface area contributed by atoms with E-state index in [1.165, 1.54) is 0 Å². The number of fused-ring (bicyclic) bond motifs is 1. The van der Waals surface area contributed by atoms with Crippen LogP contribution in [0.5, 0.6) is 11.5 Å². The number of methoxy groups -OCH3 is 2. The summed E-state index contributed by atoms with van der Waals surface area (Å²) in [4.78, 5) is 53.0. The number of piperidine rings is 1. The van der Waals surface area contributed by atoms with Gasteiger partial charge in [-0.1, -0.05) is 17.9 Å². The van der Waals surface area contributed by atoms with Gasteiger partial charge in [0.25, 0.3) is 11.5 Å². The Kier molecular flexibility index (Phi) is 7.74. The molecule has 0 aliphatic carbocycles. The van der Waals surface area contributed by atoms with Crippen LogP contribution in [0.15, 0.2) is 47.4 Å². The highest BCUT2D eigenvalue weighted by Crippen LogP contribution is 2.37. The summed E-state index contributed by atoms with van der Waals surface area (Å²) in [5.41, 5.74) is 5.58. The lowest BCUT2D eigenvalue weighted by molar-refractivity contribution is -0.136. The molecule has 44 heavy (non-hydrogen) atoms. The predicted octanol–water partition coefficient (Wildman–Crippen LogP) is 2.87. The van der Waals surface area contributed by atoms with Gasteiger partial charge in [0.05, 0.1) is 19.8 Å². The number of nitrogens with zero attached hydrogens (tertiary/aromatic N) is 3. The summed E-state index contributed by atoms with van der Waals surface area (Å²) < 4.78 is 13.1. The van der Waals surface area contributed by atoms with Crippen molar-refractivity contribution in [3.8, 4) is 34.5 Å². The largest absolute Gasteiger partial charge is 0.496 e. The maximum Gasteiger partial charge on any atom is 0.255 e. The van der Waals surface area contributed by atoms with Crippen LogP contribution < -0.4 is 20.3 Å². The molecule has 2 aromatic carbocycles. The number of carbonyl (C=O) groups is 3.